The van der Waals surface area contributed by atoms with Crippen LogP contribution in [0.15, 0.2) is 42.9 Å². The molecular formula is C20H17F4N5O2. The van der Waals surface area contributed by atoms with Gasteiger partial charge in [-0.1, -0.05) is 12.1 Å². The first kappa shape index (κ1) is 21.1. The lowest BCUT2D eigenvalue weighted by Crippen LogP contribution is -2.33. The maximum Gasteiger partial charge on any atom is 0.451 e. The number of alkyl halides is 3. The van der Waals surface area contributed by atoms with Gasteiger partial charge >= 0.3 is 6.18 Å². The lowest BCUT2D eigenvalue weighted by molar-refractivity contribution is -0.145. The lowest BCUT2D eigenvalue weighted by Gasteiger charge is -2.24. The van der Waals surface area contributed by atoms with Gasteiger partial charge in [0, 0.05) is 43.5 Å². The van der Waals surface area contributed by atoms with E-state index in [0.29, 0.717) is 30.8 Å². The highest BCUT2D eigenvalue weighted by molar-refractivity contribution is 5.97. The Morgan fingerprint density at radius 1 is 1.29 bits per heavy atom. The molecule has 1 atom stereocenters. The predicted molar refractivity (Wildman–Crippen MR) is 100 cm³/mol. The summed E-state index contributed by atoms with van der Waals surface area (Å²) in [6, 6.07) is 5.78. The Bertz CT molecular complexity index is 1090. The Hall–Kier alpha value is -3.18. The van der Waals surface area contributed by atoms with Gasteiger partial charge < -0.3 is 10.1 Å². The molecule has 3 heterocycles. The molecule has 0 amide bonds. The van der Waals surface area contributed by atoms with Crippen LogP contribution in [0.2, 0.25) is 0 Å². The number of halogens is 4. The van der Waals surface area contributed by atoms with Crippen molar-refractivity contribution in [2.24, 2.45) is 0 Å². The topological polar surface area (TPSA) is 81.9 Å². The first-order valence-electron chi connectivity index (χ1n) is 9.40. The molecule has 0 spiro atoms. The molecule has 11 heteroatoms. The molecule has 3 aromatic rings. The van der Waals surface area contributed by atoms with Gasteiger partial charge in [0.2, 0.25) is 5.82 Å². The zero-order valence-corrected chi connectivity index (χ0v) is 16.1. The van der Waals surface area contributed by atoms with E-state index in [0.717, 1.165) is 10.9 Å². The van der Waals surface area contributed by atoms with Crippen LogP contribution >= 0.6 is 0 Å². The molecule has 31 heavy (non-hydrogen) atoms. The van der Waals surface area contributed by atoms with Gasteiger partial charge in [0.05, 0.1) is 24.5 Å². The fourth-order valence-corrected chi connectivity index (χ4v) is 3.20. The van der Waals surface area contributed by atoms with Crippen molar-refractivity contribution >= 4 is 5.78 Å². The minimum atomic E-state index is -4.70. The number of nitrogens with one attached hydrogen (secondary N) is 1. The second kappa shape index (κ2) is 8.52. The van der Waals surface area contributed by atoms with Crippen molar-refractivity contribution in [3.8, 4) is 5.82 Å². The summed E-state index contributed by atoms with van der Waals surface area (Å²) in [6.45, 7) is 1.71. The van der Waals surface area contributed by atoms with E-state index in [1.165, 1.54) is 24.5 Å². The summed E-state index contributed by atoms with van der Waals surface area (Å²) in [5.74, 6) is -2.26. The third kappa shape index (κ3) is 4.78. The highest BCUT2D eigenvalue weighted by Gasteiger charge is 2.34. The summed E-state index contributed by atoms with van der Waals surface area (Å²) in [7, 11) is 0. The number of ketones is 1. The average Bonchev–Trinajstić information content (AvgIpc) is 3.25. The second-order valence-corrected chi connectivity index (χ2v) is 6.93. The Morgan fingerprint density at radius 3 is 2.84 bits per heavy atom. The van der Waals surface area contributed by atoms with E-state index in [9.17, 15) is 22.4 Å². The number of Topliss-reactive ketones (excluding diaryl/α,β-unsaturated/α-hetero) is 1. The van der Waals surface area contributed by atoms with Crippen molar-refractivity contribution in [1.82, 2.24) is 25.1 Å². The summed E-state index contributed by atoms with van der Waals surface area (Å²) in [5.41, 5.74) is 1.04. The molecule has 7 nitrogen and oxygen atoms in total. The van der Waals surface area contributed by atoms with E-state index in [2.05, 4.69) is 20.4 Å². The van der Waals surface area contributed by atoms with Crippen LogP contribution in [0.25, 0.3) is 5.82 Å². The molecule has 0 saturated carbocycles. The zero-order chi connectivity index (χ0) is 22.0. The fraction of sp³-hybridized carbons (Fsp3) is 0.300. The molecular weight excluding hydrogens is 418 g/mol. The van der Waals surface area contributed by atoms with Gasteiger partial charge in [-0.25, -0.2) is 19.0 Å². The van der Waals surface area contributed by atoms with Gasteiger partial charge in [-0.3, -0.25) is 4.79 Å². The third-order valence-electron chi connectivity index (χ3n) is 4.74. The van der Waals surface area contributed by atoms with Crippen molar-refractivity contribution < 1.29 is 27.1 Å². The SMILES string of the molecule is O=C(Cc1ccc([C@H]2CNCCO2)c(F)c1)c1cnn(-c2ccnc(C(F)(F)F)n2)c1. The molecule has 1 fully saturated rings. The third-order valence-corrected chi connectivity index (χ3v) is 4.74. The highest BCUT2D eigenvalue weighted by atomic mass is 19.4. The van der Waals surface area contributed by atoms with Crippen LogP contribution in [0.4, 0.5) is 17.6 Å². The Morgan fingerprint density at radius 2 is 2.13 bits per heavy atom. The molecule has 0 unspecified atom stereocenters. The number of rotatable bonds is 5. The van der Waals surface area contributed by atoms with Crippen LogP contribution in [-0.4, -0.2) is 45.2 Å². The van der Waals surface area contributed by atoms with Gasteiger partial charge in [0.15, 0.2) is 11.6 Å². The number of hydrogen-bond donors (Lipinski definition) is 1. The molecule has 4 rings (SSSR count). The number of benzene rings is 1. The normalized spacial score (nSPS) is 17.0. The fourth-order valence-electron chi connectivity index (χ4n) is 3.20. The van der Waals surface area contributed by atoms with E-state index >= 15 is 0 Å². The molecule has 1 aliphatic rings. The van der Waals surface area contributed by atoms with E-state index in [1.54, 1.807) is 12.1 Å². The van der Waals surface area contributed by atoms with Crippen molar-refractivity contribution in [2.45, 2.75) is 18.7 Å². The van der Waals surface area contributed by atoms with Crippen LogP contribution in [0.5, 0.6) is 0 Å². The molecule has 2 aromatic heterocycles. The van der Waals surface area contributed by atoms with Gasteiger partial charge in [0.1, 0.15) is 5.82 Å². The molecule has 0 aliphatic carbocycles. The van der Waals surface area contributed by atoms with E-state index in [1.807, 2.05) is 0 Å². The number of ether oxygens (including phenoxy) is 1. The van der Waals surface area contributed by atoms with Crippen LogP contribution in [0.1, 0.15) is 33.4 Å². The Kier molecular flexibility index (Phi) is 5.79. The van der Waals surface area contributed by atoms with Gasteiger partial charge in [-0.2, -0.15) is 18.3 Å². The maximum atomic E-state index is 14.5. The monoisotopic (exact) mass is 435 g/mol. The van der Waals surface area contributed by atoms with E-state index in [4.69, 9.17) is 4.74 Å². The van der Waals surface area contributed by atoms with E-state index in [-0.39, 0.29) is 29.7 Å². The van der Waals surface area contributed by atoms with Gasteiger partial charge in [-0.15, -0.1) is 0 Å². The summed E-state index contributed by atoms with van der Waals surface area (Å²) in [5, 5.41) is 7.04. The molecule has 1 N–H and O–H groups in total. The van der Waals surface area contributed by atoms with Crippen molar-refractivity contribution in [3.05, 3.63) is 71.2 Å². The van der Waals surface area contributed by atoms with Gasteiger partial charge in [-0.05, 0) is 11.6 Å². The Labute approximate surface area is 174 Å². The number of carbonyl (C=O) groups is 1. The van der Waals surface area contributed by atoms with Crippen LogP contribution in [-0.2, 0) is 17.3 Å². The van der Waals surface area contributed by atoms with Crippen molar-refractivity contribution in [2.75, 3.05) is 19.7 Å². The van der Waals surface area contributed by atoms with Crippen LogP contribution < -0.4 is 5.32 Å². The average molecular weight is 435 g/mol. The quantitative estimate of drug-likeness (QED) is 0.490. The number of nitrogens with zero attached hydrogens (tertiary/aromatic N) is 4. The molecule has 1 saturated heterocycles. The first-order valence-corrected chi connectivity index (χ1v) is 9.40. The predicted octanol–water partition coefficient (Wildman–Crippen LogP) is 2.91. The molecule has 1 aromatic carbocycles. The minimum absolute atomic E-state index is 0.0930. The number of morpholine rings is 1. The summed E-state index contributed by atoms with van der Waals surface area (Å²) < 4.78 is 59.5. The van der Waals surface area contributed by atoms with Crippen molar-refractivity contribution in [1.29, 1.82) is 0 Å². The standard InChI is InChI=1S/C20H17F4N5O2/c21-15-7-12(1-2-14(15)17-10-25-5-6-31-17)8-16(30)13-9-27-29(11-13)18-3-4-26-19(28-18)20(22,23)24/h1-4,7,9,11,17,25H,5-6,8,10H2/t17-/m1/s1. The van der Waals surface area contributed by atoms with Gasteiger partial charge in [0.25, 0.3) is 0 Å². The number of aromatic nitrogens is 4. The first-order chi connectivity index (χ1) is 14.8. The van der Waals surface area contributed by atoms with Crippen LogP contribution in [0.3, 0.4) is 0 Å². The largest absolute Gasteiger partial charge is 0.451 e. The summed E-state index contributed by atoms with van der Waals surface area (Å²) in [4.78, 5) is 19.2. The van der Waals surface area contributed by atoms with E-state index < -0.39 is 17.8 Å². The molecule has 162 valence electrons. The summed E-state index contributed by atoms with van der Waals surface area (Å²) in [6.07, 6.45) is -1.71. The molecule has 1 aliphatic heterocycles. The number of hydrogen-bond acceptors (Lipinski definition) is 6. The van der Waals surface area contributed by atoms with Crippen LogP contribution in [0, 0.1) is 5.82 Å². The lowest BCUT2D eigenvalue weighted by atomic mass is 10.0. The highest BCUT2D eigenvalue weighted by Crippen LogP contribution is 2.26. The minimum Gasteiger partial charge on any atom is -0.371 e. The maximum absolute atomic E-state index is 14.5. The smallest absolute Gasteiger partial charge is 0.371 e. The number of carbonyl (C=O) groups excluding carboxylic acids is 1. The Balaban J connectivity index is 1.48. The molecule has 0 radical (unpaired) electrons. The zero-order valence-electron chi connectivity index (χ0n) is 16.1. The summed E-state index contributed by atoms with van der Waals surface area (Å²) >= 11 is 0. The van der Waals surface area contributed by atoms with Crippen molar-refractivity contribution in [3.63, 3.8) is 0 Å². The molecule has 0 bridgehead atoms. The second-order valence-electron chi connectivity index (χ2n) is 6.93.